The molecule has 3 rings (SSSR count). The van der Waals surface area contributed by atoms with Crippen LogP contribution in [0.15, 0.2) is 95.9 Å². The first-order valence-electron chi connectivity index (χ1n) is 11.6. The molecule has 0 aliphatic heterocycles. The van der Waals surface area contributed by atoms with Crippen LogP contribution in [-0.2, 0) is 26.0 Å². The fourth-order valence-corrected chi connectivity index (χ4v) is 5.17. The molecule has 0 heterocycles. The molecule has 0 saturated heterocycles. The number of carbonyl (C=O) groups is 2. The van der Waals surface area contributed by atoms with Gasteiger partial charge in [0.25, 0.3) is 10.0 Å². The number of carbonyl (C=O) groups excluding carboxylic acids is 2. The highest BCUT2D eigenvalue weighted by Crippen LogP contribution is 2.24. The molecule has 7 nitrogen and oxygen atoms in total. The van der Waals surface area contributed by atoms with Crippen molar-refractivity contribution in [3.8, 4) is 0 Å². The zero-order chi connectivity index (χ0) is 25.3. The lowest BCUT2D eigenvalue weighted by molar-refractivity contribution is -0.138. The molecule has 1 N–H and O–H groups in total. The van der Waals surface area contributed by atoms with Crippen LogP contribution in [0.4, 0.5) is 5.69 Å². The largest absolute Gasteiger partial charge is 0.355 e. The van der Waals surface area contributed by atoms with E-state index in [0.717, 1.165) is 9.87 Å². The monoisotopic (exact) mass is 493 g/mol. The molecule has 0 aromatic heterocycles. The lowest BCUT2D eigenvalue weighted by Crippen LogP contribution is -2.52. The van der Waals surface area contributed by atoms with Gasteiger partial charge in [0.05, 0.1) is 10.6 Å². The minimum Gasteiger partial charge on any atom is -0.355 e. The van der Waals surface area contributed by atoms with Crippen LogP contribution >= 0.6 is 0 Å². The predicted octanol–water partition coefficient (Wildman–Crippen LogP) is 3.48. The van der Waals surface area contributed by atoms with E-state index in [1.54, 1.807) is 55.5 Å². The lowest BCUT2D eigenvalue weighted by atomic mass is 10.1. The van der Waals surface area contributed by atoms with E-state index in [1.807, 2.05) is 37.3 Å². The molecule has 2 amide bonds. The average Bonchev–Trinajstić information content (AvgIpc) is 2.89. The van der Waals surface area contributed by atoms with Gasteiger partial charge in [-0.2, -0.15) is 0 Å². The van der Waals surface area contributed by atoms with Gasteiger partial charge in [-0.1, -0.05) is 66.7 Å². The van der Waals surface area contributed by atoms with Gasteiger partial charge in [0, 0.05) is 13.1 Å². The third-order valence-electron chi connectivity index (χ3n) is 5.66. The summed E-state index contributed by atoms with van der Waals surface area (Å²) >= 11 is 0. The van der Waals surface area contributed by atoms with Crippen LogP contribution in [0.2, 0.25) is 0 Å². The second-order valence-corrected chi connectivity index (χ2v) is 9.92. The van der Waals surface area contributed by atoms with Gasteiger partial charge in [-0.3, -0.25) is 13.9 Å². The molecule has 0 radical (unpaired) electrons. The summed E-state index contributed by atoms with van der Waals surface area (Å²) < 4.78 is 28.2. The number of rotatable bonds is 11. The van der Waals surface area contributed by atoms with Gasteiger partial charge in [-0.15, -0.1) is 0 Å². The number of amides is 2. The Hall–Kier alpha value is -3.65. The van der Waals surface area contributed by atoms with Crippen LogP contribution in [0, 0.1) is 0 Å². The molecular formula is C27H31N3O4S. The third-order valence-corrected chi connectivity index (χ3v) is 7.44. The number of likely N-dealkylation sites (N-methyl/N-ethyl adjacent to an activating group) is 1. The quantitative estimate of drug-likeness (QED) is 0.443. The van der Waals surface area contributed by atoms with E-state index in [1.165, 1.54) is 17.0 Å². The van der Waals surface area contributed by atoms with Crippen molar-refractivity contribution in [2.75, 3.05) is 23.9 Å². The van der Waals surface area contributed by atoms with Gasteiger partial charge >= 0.3 is 0 Å². The number of nitrogens with one attached hydrogen (secondary N) is 1. The number of hydrogen-bond donors (Lipinski definition) is 1. The Morgan fingerprint density at radius 2 is 1.40 bits per heavy atom. The maximum Gasteiger partial charge on any atom is 0.264 e. The summed E-state index contributed by atoms with van der Waals surface area (Å²) in [4.78, 5) is 27.8. The molecule has 3 aromatic carbocycles. The molecule has 0 spiro atoms. The van der Waals surface area contributed by atoms with E-state index in [2.05, 4.69) is 5.32 Å². The molecule has 0 unspecified atom stereocenters. The summed E-state index contributed by atoms with van der Waals surface area (Å²) in [6.45, 7) is 3.74. The highest BCUT2D eigenvalue weighted by molar-refractivity contribution is 7.92. The van der Waals surface area contributed by atoms with Crippen LogP contribution in [0.25, 0.3) is 0 Å². The Balaban J connectivity index is 1.93. The van der Waals surface area contributed by atoms with E-state index in [4.69, 9.17) is 0 Å². The molecule has 35 heavy (non-hydrogen) atoms. The van der Waals surface area contributed by atoms with Crippen molar-refractivity contribution >= 4 is 27.5 Å². The van der Waals surface area contributed by atoms with Gasteiger partial charge in [0.1, 0.15) is 12.6 Å². The maximum absolute atomic E-state index is 13.6. The summed E-state index contributed by atoms with van der Waals surface area (Å²) in [5, 5.41) is 2.76. The number of benzene rings is 3. The molecule has 3 aromatic rings. The minimum absolute atomic E-state index is 0.0873. The first kappa shape index (κ1) is 26.0. The topological polar surface area (TPSA) is 86.8 Å². The molecule has 0 aliphatic rings. The average molecular weight is 494 g/mol. The van der Waals surface area contributed by atoms with E-state index in [9.17, 15) is 18.0 Å². The Morgan fingerprint density at radius 1 is 0.857 bits per heavy atom. The van der Waals surface area contributed by atoms with Crippen molar-refractivity contribution in [2.24, 2.45) is 0 Å². The number of sulfonamides is 1. The van der Waals surface area contributed by atoms with Crippen molar-refractivity contribution in [3.05, 3.63) is 96.6 Å². The molecule has 184 valence electrons. The normalized spacial score (nSPS) is 11.9. The van der Waals surface area contributed by atoms with E-state index in [-0.39, 0.29) is 17.3 Å². The van der Waals surface area contributed by atoms with Crippen molar-refractivity contribution in [3.63, 3.8) is 0 Å². The fourth-order valence-electron chi connectivity index (χ4n) is 3.73. The Bertz CT molecular complexity index is 1200. The molecular weight excluding hydrogens is 462 g/mol. The zero-order valence-corrected chi connectivity index (χ0v) is 20.8. The maximum atomic E-state index is 13.6. The standard InChI is InChI=1S/C27H31N3O4S/c1-3-28-27(32)22(2)29(20-19-23-13-7-4-8-14-23)26(31)21-30(24-15-9-5-10-16-24)35(33,34)25-17-11-6-12-18-25/h4-18,22H,3,19-21H2,1-2H3,(H,28,32)/t22-/m0/s1. The van der Waals surface area contributed by atoms with Gasteiger partial charge in [-0.05, 0) is 50.1 Å². The minimum atomic E-state index is -4.02. The second-order valence-electron chi connectivity index (χ2n) is 8.05. The van der Waals surface area contributed by atoms with Gasteiger partial charge in [0.15, 0.2) is 0 Å². The zero-order valence-electron chi connectivity index (χ0n) is 20.0. The lowest BCUT2D eigenvalue weighted by Gasteiger charge is -2.32. The first-order valence-corrected chi connectivity index (χ1v) is 13.0. The van der Waals surface area contributed by atoms with Gasteiger partial charge in [0.2, 0.25) is 11.8 Å². The number of anilines is 1. The molecule has 0 bridgehead atoms. The van der Waals surface area contributed by atoms with Crippen LogP contribution in [0.1, 0.15) is 19.4 Å². The SMILES string of the molecule is CCNC(=O)[C@H](C)N(CCc1ccccc1)C(=O)CN(c1ccccc1)S(=O)(=O)c1ccccc1. The van der Waals surface area contributed by atoms with E-state index in [0.29, 0.717) is 18.7 Å². The van der Waals surface area contributed by atoms with Gasteiger partial charge in [-0.25, -0.2) is 8.42 Å². The summed E-state index contributed by atoms with van der Waals surface area (Å²) in [5.74, 6) is -0.742. The highest BCUT2D eigenvalue weighted by atomic mass is 32.2. The third kappa shape index (κ3) is 6.70. The van der Waals surface area contributed by atoms with Crippen molar-refractivity contribution in [1.29, 1.82) is 0 Å². The second kappa shape index (κ2) is 12.2. The molecule has 0 fully saturated rings. The molecule has 1 atom stereocenters. The summed E-state index contributed by atoms with van der Waals surface area (Å²) in [7, 11) is -4.02. The summed E-state index contributed by atoms with van der Waals surface area (Å²) in [6.07, 6.45) is 0.535. The highest BCUT2D eigenvalue weighted by Gasteiger charge is 2.32. The smallest absolute Gasteiger partial charge is 0.264 e. The number of nitrogens with zero attached hydrogens (tertiary/aromatic N) is 2. The summed E-state index contributed by atoms with van der Waals surface area (Å²) in [5.41, 5.74) is 1.39. The van der Waals surface area contributed by atoms with Crippen LogP contribution in [0.5, 0.6) is 0 Å². The first-order chi connectivity index (χ1) is 16.8. The van der Waals surface area contributed by atoms with Crippen molar-refractivity contribution < 1.29 is 18.0 Å². The Morgan fingerprint density at radius 3 is 1.97 bits per heavy atom. The predicted molar refractivity (Wildman–Crippen MR) is 137 cm³/mol. The van der Waals surface area contributed by atoms with Gasteiger partial charge < -0.3 is 10.2 Å². The molecule has 8 heteroatoms. The van der Waals surface area contributed by atoms with Crippen molar-refractivity contribution in [2.45, 2.75) is 31.2 Å². The number of hydrogen-bond acceptors (Lipinski definition) is 4. The fraction of sp³-hybridized carbons (Fsp3) is 0.259. The van der Waals surface area contributed by atoms with E-state index < -0.39 is 28.5 Å². The van der Waals surface area contributed by atoms with E-state index >= 15 is 0 Å². The Kier molecular flexibility index (Phi) is 9.03. The van der Waals surface area contributed by atoms with Crippen molar-refractivity contribution in [1.82, 2.24) is 10.2 Å². The van der Waals surface area contributed by atoms with Crippen LogP contribution < -0.4 is 9.62 Å². The number of para-hydroxylation sites is 1. The summed E-state index contributed by atoms with van der Waals surface area (Å²) in [6, 6.07) is 25.4. The molecule has 0 aliphatic carbocycles. The Labute approximate surface area is 207 Å². The van der Waals surface area contributed by atoms with Crippen LogP contribution in [0.3, 0.4) is 0 Å². The van der Waals surface area contributed by atoms with Crippen LogP contribution in [-0.4, -0.2) is 50.8 Å². The molecule has 0 saturated carbocycles.